The quantitative estimate of drug-likeness (QED) is 0.681. The number of hydrogen-bond donors (Lipinski definition) is 1. The molecule has 0 aromatic rings. The number of rotatable bonds is 8. The molecule has 112 valence electrons. The Kier molecular flexibility index (Phi) is 8.84. The minimum absolute atomic E-state index is 0.278. The number of hydrogen-bond acceptors (Lipinski definition) is 3. The molecule has 0 bridgehead atoms. The zero-order valence-electron chi connectivity index (χ0n) is 12.8. The van der Waals surface area contributed by atoms with Gasteiger partial charge in [0.2, 0.25) is 5.91 Å². The fourth-order valence-corrected chi connectivity index (χ4v) is 2.61. The average Bonchev–Trinajstić information content (AvgIpc) is 2.71. The predicted molar refractivity (Wildman–Crippen MR) is 80.3 cm³/mol. The Balaban J connectivity index is 2.12. The first-order valence-electron chi connectivity index (χ1n) is 7.98. The van der Waals surface area contributed by atoms with E-state index in [4.69, 9.17) is 0 Å². The third kappa shape index (κ3) is 6.92. The van der Waals surface area contributed by atoms with Crippen LogP contribution in [0.2, 0.25) is 0 Å². The van der Waals surface area contributed by atoms with Crippen LogP contribution < -0.4 is 5.32 Å². The molecule has 0 aromatic carbocycles. The van der Waals surface area contributed by atoms with Crippen molar-refractivity contribution < 1.29 is 4.79 Å². The Morgan fingerprint density at radius 3 is 2.37 bits per heavy atom. The van der Waals surface area contributed by atoms with Gasteiger partial charge in [-0.2, -0.15) is 0 Å². The first kappa shape index (κ1) is 16.4. The summed E-state index contributed by atoms with van der Waals surface area (Å²) in [6, 6.07) is 0. The molecule has 1 amide bonds. The van der Waals surface area contributed by atoms with Gasteiger partial charge >= 0.3 is 0 Å². The molecule has 1 aliphatic rings. The fourth-order valence-electron chi connectivity index (χ4n) is 2.61. The van der Waals surface area contributed by atoms with Gasteiger partial charge in [-0.15, -0.1) is 0 Å². The summed E-state index contributed by atoms with van der Waals surface area (Å²) in [5.74, 6) is 0.278. The van der Waals surface area contributed by atoms with Gasteiger partial charge in [0.15, 0.2) is 0 Å². The van der Waals surface area contributed by atoms with Crippen LogP contribution in [0.4, 0.5) is 0 Å². The van der Waals surface area contributed by atoms with Crippen LogP contribution in [0.3, 0.4) is 0 Å². The minimum Gasteiger partial charge on any atom is -0.342 e. The number of amides is 1. The topological polar surface area (TPSA) is 35.6 Å². The van der Waals surface area contributed by atoms with Crippen LogP contribution in [-0.2, 0) is 4.79 Å². The van der Waals surface area contributed by atoms with Crippen LogP contribution in [0.25, 0.3) is 0 Å². The molecule has 1 fully saturated rings. The maximum atomic E-state index is 12.0. The lowest BCUT2D eigenvalue weighted by molar-refractivity contribution is -0.130. The summed E-state index contributed by atoms with van der Waals surface area (Å²) in [5, 5.41) is 3.29. The van der Waals surface area contributed by atoms with Crippen molar-refractivity contribution in [2.45, 2.75) is 46.0 Å². The summed E-state index contributed by atoms with van der Waals surface area (Å²) in [5.41, 5.74) is 0. The molecular weight excluding hydrogens is 238 g/mol. The molecule has 0 spiro atoms. The second-order valence-corrected chi connectivity index (χ2v) is 5.41. The van der Waals surface area contributed by atoms with E-state index in [2.05, 4.69) is 24.1 Å². The van der Waals surface area contributed by atoms with Crippen LogP contribution in [-0.4, -0.2) is 61.5 Å². The van der Waals surface area contributed by atoms with E-state index in [1.54, 1.807) is 0 Å². The van der Waals surface area contributed by atoms with Crippen LogP contribution in [0.15, 0.2) is 0 Å². The third-order valence-corrected chi connectivity index (χ3v) is 3.83. The van der Waals surface area contributed by atoms with Gasteiger partial charge in [0.05, 0.1) is 6.54 Å². The van der Waals surface area contributed by atoms with Crippen molar-refractivity contribution in [1.82, 2.24) is 15.1 Å². The molecule has 1 heterocycles. The summed E-state index contributed by atoms with van der Waals surface area (Å²) in [4.78, 5) is 16.5. The molecule has 0 atom stereocenters. The summed E-state index contributed by atoms with van der Waals surface area (Å²) in [7, 11) is 0. The van der Waals surface area contributed by atoms with E-state index in [1.165, 1.54) is 32.1 Å². The van der Waals surface area contributed by atoms with E-state index in [9.17, 15) is 4.79 Å². The van der Waals surface area contributed by atoms with E-state index in [-0.39, 0.29) is 5.91 Å². The SMILES string of the molecule is CCCN(CC)CCNCC(=O)N1CCCCCC1. The minimum atomic E-state index is 0.278. The van der Waals surface area contributed by atoms with Gasteiger partial charge in [0.25, 0.3) is 0 Å². The van der Waals surface area contributed by atoms with Crippen molar-refractivity contribution in [3.8, 4) is 0 Å². The molecule has 4 heteroatoms. The lowest BCUT2D eigenvalue weighted by atomic mass is 10.2. The fraction of sp³-hybridized carbons (Fsp3) is 0.933. The maximum Gasteiger partial charge on any atom is 0.236 e. The van der Waals surface area contributed by atoms with E-state index in [0.717, 1.165) is 39.3 Å². The van der Waals surface area contributed by atoms with Gasteiger partial charge in [0, 0.05) is 26.2 Å². The Morgan fingerprint density at radius 2 is 1.79 bits per heavy atom. The first-order chi connectivity index (χ1) is 9.27. The van der Waals surface area contributed by atoms with E-state index < -0.39 is 0 Å². The smallest absolute Gasteiger partial charge is 0.236 e. The summed E-state index contributed by atoms with van der Waals surface area (Å²) in [6.45, 7) is 11.0. The molecule has 0 unspecified atom stereocenters. The second kappa shape index (κ2) is 10.2. The van der Waals surface area contributed by atoms with E-state index >= 15 is 0 Å². The van der Waals surface area contributed by atoms with Crippen LogP contribution in [0.5, 0.6) is 0 Å². The summed E-state index contributed by atoms with van der Waals surface area (Å²) >= 11 is 0. The van der Waals surface area contributed by atoms with Crippen molar-refractivity contribution in [3.63, 3.8) is 0 Å². The number of nitrogens with one attached hydrogen (secondary N) is 1. The molecule has 0 saturated carbocycles. The molecule has 0 aliphatic carbocycles. The number of likely N-dealkylation sites (N-methyl/N-ethyl adjacent to an activating group) is 1. The van der Waals surface area contributed by atoms with Gasteiger partial charge in [0.1, 0.15) is 0 Å². The van der Waals surface area contributed by atoms with Crippen molar-refractivity contribution >= 4 is 5.91 Å². The number of carbonyl (C=O) groups is 1. The van der Waals surface area contributed by atoms with Crippen molar-refractivity contribution in [1.29, 1.82) is 0 Å². The van der Waals surface area contributed by atoms with Crippen LogP contribution in [0.1, 0.15) is 46.0 Å². The average molecular weight is 269 g/mol. The summed E-state index contributed by atoms with van der Waals surface area (Å²) < 4.78 is 0. The molecule has 0 radical (unpaired) electrons. The zero-order valence-corrected chi connectivity index (χ0v) is 12.8. The molecule has 19 heavy (non-hydrogen) atoms. The largest absolute Gasteiger partial charge is 0.342 e. The van der Waals surface area contributed by atoms with E-state index in [0.29, 0.717) is 6.54 Å². The van der Waals surface area contributed by atoms with Gasteiger partial charge < -0.3 is 15.1 Å². The van der Waals surface area contributed by atoms with Crippen molar-refractivity contribution in [3.05, 3.63) is 0 Å². The second-order valence-electron chi connectivity index (χ2n) is 5.41. The highest BCUT2D eigenvalue weighted by molar-refractivity contribution is 5.78. The Labute approximate surface area is 118 Å². The molecule has 4 nitrogen and oxygen atoms in total. The maximum absolute atomic E-state index is 12.0. The Bertz CT molecular complexity index is 238. The standard InChI is InChI=1S/C15H31N3O/c1-3-10-17(4-2)13-9-16-14-15(19)18-11-7-5-6-8-12-18/h16H,3-14H2,1-2H3. The van der Waals surface area contributed by atoms with Gasteiger partial charge in [-0.25, -0.2) is 0 Å². The van der Waals surface area contributed by atoms with E-state index in [1.807, 2.05) is 4.90 Å². The van der Waals surface area contributed by atoms with Gasteiger partial charge in [-0.3, -0.25) is 4.79 Å². The normalized spacial score (nSPS) is 16.7. The molecule has 1 saturated heterocycles. The van der Waals surface area contributed by atoms with Gasteiger partial charge in [-0.1, -0.05) is 26.7 Å². The first-order valence-corrected chi connectivity index (χ1v) is 7.98. The number of likely N-dealkylation sites (tertiary alicyclic amines) is 1. The molecule has 0 aromatic heterocycles. The number of carbonyl (C=O) groups excluding carboxylic acids is 1. The predicted octanol–water partition coefficient (Wildman–Crippen LogP) is 1.71. The van der Waals surface area contributed by atoms with Crippen molar-refractivity contribution in [2.75, 3.05) is 45.8 Å². The number of nitrogens with zero attached hydrogens (tertiary/aromatic N) is 2. The lowest BCUT2D eigenvalue weighted by Crippen LogP contribution is -2.41. The highest BCUT2D eigenvalue weighted by atomic mass is 16.2. The molecule has 1 aliphatic heterocycles. The third-order valence-electron chi connectivity index (χ3n) is 3.83. The monoisotopic (exact) mass is 269 g/mol. The highest BCUT2D eigenvalue weighted by Crippen LogP contribution is 2.09. The lowest BCUT2D eigenvalue weighted by Gasteiger charge is -2.22. The summed E-state index contributed by atoms with van der Waals surface area (Å²) in [6.07, 6.45) is 6.09. The van der Waals surface area contributed by atoms with Crippen molar-refractivity contribution in [2.24, 2.45) is 0 Å². The Hall–Kier alpha value is -0.610. The van der Waals surface area contributed by atoms with Crippen LogP contribution in [0, 0.1) is 0 Å². The highest BCUT2D eigenvalue weighted by Gasteiger charge is 2.14. The zero-order chi connectivity index (χ0) is 13.9. The Morgan fingerprint density at radius 1 is 1.11 bits per heavy atom. The van der Waals surface area contributed by atoms with Crippen LogP contribution >= 0.6 is 0 Å². The molecule has 1 N–H and O–H groups in total. The molecular formula is C15H31N3O. The van der Waals surface area contributed by atoms with Gasteiger partial charge in [-0.05, 0) is 32.4 Å². The molecule has 1 rings (SSSR count).